The van der Waals surface area contributed by atoms with E-state index in [-0.39, 0.29) is 5.91 Å². The zero-order valence-electron chi connectivity index (χ0n) is 15.8. The highest BCUT2D eigenvalue weighted by atomic mass is 16.2. The van der Waals surface area contributed by atoms with Crippen molar-refractivity contribution < 1.29 is 4.79 Å². The predicted molar refractivity (Wildman–Crippen MR) is 100 cm³/mol. The van der Waals surface area contributed by atoms with E-state index in [0.717, 1.165) is 25.2 Å². The maximum absolute atomic E-state index is 12.6. The summed E-state index contributed by atoms with van der Waals surface area (Å²) in [6.45, 7) is 9.90. The number of amides is 1. The molecule has 134 valence electrons. The minimum absolute atomic E-state index is 0.263. The van der Waals surface area contributed by atoms with Crippen LogP contribution in [0.2, 0.25) is 0 Å². The molecule has 0 spiro atoms. The lowest BCUT2D eigenvalue weighted by Gasteiger charge is -2.23. The van der Waals surface area contributed by atoms with Crippen molar-refractivity contribution in [1.82, 2.24) is 14.5 Å². The molecule has 0 N–H and O–H groups in total. The Labute approximate surface area is 150 Å². The second-order valence-electron chi connectivity index (χ2n) is 7.75. The molecule has 0 unspecified atom stereocenters. The first-order chi connectivity index (χ1) is 11.9. The van der Waals surface area contributed by atoms with Crippen molar-refractivity contribution in [2.45, 2.75) is 66.1 Å². The largest absolute Gasteiger partial charge is 0.332 e. The van der Waals surface area contributed by atoms with Gasteiger partial charge in [-0.1, -0.05) is 37.6 Å². The van der Waals surface area contributed by atoms with Crippen molar-refractivity contribution in [2.75, 3.05) is 0 Å². The van der Waals surface area contributed by atoms with Crippen LogP contribution < -0.4 is 0 Å². The summed E-state index contributed by atoms with van der Waals surface area (Å²) in [4.78, 5) is 19.2. The van der Waals surface area contributed by atoms with Gasteiger partial charge >= 0.3 is 0 Å². The summed E-state index contributed by atoms with van der Waals surface area (Å²) in [6.07, 6.45) is 6.74. The molecule has 0 saturated heterocycles. The number of rotatable bonds is 7. The standard InChI is InChI=1S/C21H29N3O/c1-15(2)11-21(25)24(19-7-8-19)14-20-22-9-10-23(20)13-18-12-16(3)5-6-17(18)4/h5-6,9-10,12,15,19H,7-8,11,13-14H2,1-4H3. The van der Waals surface area contributed by atoms with Crippen molar-refractivity contribution in [3.05, 3.63) is 53.1 Å². The molecular weight excluding hydrogens is 310 g/mol. The number of hydrogen-bond acceptors (Lipinski definition) is 2. The lowest BCUT2D eigenvalue weighted by Crippen LogP contribution is -2.34. The van der Waals surface area contributed by atoms with E-state index in [4.69, 9.17) is 0 Å². The number of imidazole rings is 1. The molecule has 1 fully saturated rings. The topological polar surface area (TPSA) is 38.1 Å². The van der Waals surface area contributed by atoms with E-state index >= 15 is 0 Å². The van der Waals surface area contributed by atoms with Crippen LogP contribution in [-0.2, 0) is 17.9 Å². The molecule has 1 aromatic carbocycles. The molecular formula is C21H29N3O. The van der Waals surface area contributed by atoms with Crippen LogP contribution in [0.15, 0.2) is 30.6 Å². The Bertz CT molecular complexity index is 743. The minimum atomic E-state index is 0.263. The van der Waals surface area contributed by atoms with Gasteiger partial charge in [0, 0.05) is 31.4 Å². The number of carbonyl (C=O) groups excluding carboxylic acids is 1. The van der Waals surface area contributed by atoms with E-state index in [2.05, 4.69) is 55.4 Å². The normalized spacial score (nSPS) is 14.1. The van der Waals surface area contributed by atoms with Crippen LogP contribution in [0.4, 0.5) is 0 Å². The van der Waals surface area contributed by atoms with Gasteiger partial charge in [0.2, 0.25) is 5.91 Å². The summed E-state index contributed by atoms with van der Waals surface area (Å²) in [5, 5.41) is 0. The van der Waals surface area contributed by atoms with Crippen molar-refractivity contribution in [2.24, 2.45) is 5.92 Å². The summed E-state index contributed by atoms with van der Waals surface area (Å²) in [6, 6.07) is 6.97. The molecule has 0 bridgehead atoms. The lowest BCUT2D eigenvalue weighted by molar-refractivity contribution is -0.133. The first-order valence-electron chi connectivity index (χ1n) is 9.29. The second kappa shape index (κ2) is 7.42. The molecule has 1 saturated carbocycles. The van der Waals surface area contributed by atoms with Crippen LogP contribution >= 0.6 is 0 Å². The van der Waals surface area contributed by atoms with Crippen molar-refractivity contribution in [1.29, 1.82) is 0 Å². The highest BCUT2D eigenvalue weighted by Crippen LogP contribution is 2.29. The molecule has 2 aromatic rings. The Hall–Kier alpha value is -2.10. The third kappa shape index (κ3) is 4.50. The fourth-order valence-corrected chi connectivity index (χ4v) is 3.22. The molecule has 1 heterocycles. The summed E-state index contributed by atoms with van der Waals surface area (Å²) >= 11 is 0. The average Bonchev–Trinajstić information content (AvgIpc) is 3.29. The first kappa shape index (κ1) is 17.7. The zero-order chi connectivity index (χ0) is 18.0. The number of nitrogens with zero attached hydrogens (tertiary/aromatic N) is 3. The summed E-state index contributed by atoms with van der Waals surface area (Å²) in [7, 11) is 0. The lowest BCUT2D eigenvalue weighted by atomic mass is 10.1. The Morgan fingerprint density at radius 1 is 1.32 bits per heavy atom. The van der Waals surface area contributed by atoms with Gasteiger partial charge in [-0.3, -0.25) is 4.79 Å². The Balaban J connectivity index is 1.76. The number of aryl methyl sites for hydroxylation is 2. The van der Waals surface area contributed by atoms with Crippen LogP contribution in [-0.4, -0.2) is 26.4 Å². The van der Waals surface area contributed by atoms with Crippen LogP contribution in [0, 0.1) is 19.8 Å². The van der Waals surface area contributed by atoms with Gasteiger partial charge in [-0.05, 0) is 43.7 Å². The van der Waals surface area contributed by atoms with E-state index in [1.807, 2.05) is 17.3 Å². The third-order valence-electron chi connectivity index (χ3n) is 4.85. The molecule has 1 aliphatic rings. The van der Waals surface area contributed by atoms with E-state index < -0.39 is 0 Å². The molecule has 1 aromatic heterocycles. The molecule has 0 atom stereocenters. The number of hydrogen-bond donors (Lipinski definition) is 0. The molecule has 1 amide bonds. The quantitative estimate of drug-likeness (QED) is 0.762. The maximum atomic E-state index is 12.6. The predicted octanol–water partition coefficient (Wildman–Crippen LogP) is 4.09. The van der Waals surface area contributed by atoms with Gasteiger partial charge in [0.05, 0.1) is 6.54 Å². The highest BCUT2D eigenvalue weighted by molar-refractivity contribution is 5.77. The fraction of sp³-hybridized carbons (Fsp3) is 0.524. The number of carbonyl (C=O) groups is 1. The van der Waals surface area contributed by atoms with Crippen LogP contribution in [0.25, 0.3) is 0 Å². The zero-order valence-corrected chi connectivity index (χ0v) is 15.8. The van der Waals surface area contributed by atoms with Crippen LogP contribution in [0.5, 0.6) is 0 Å². The highest BCUT2D eigenvalue weighted by Gasteiger charge is 2.33. The molecule has 25 heavy (non-hydrogen) atoms. The van der Waals surface area contributed by atoms with Gasteiger partial charge in [-0.25, -0.2) is 4.98 Å². The monoisotopic (exact) mass is 339 g/mol. The maximum Gasteiger partial charge on any atom is 0.223 e. The van der Waals surface area contributed by atoms with Crippen molar-refractivity contribution in [3.63, 3.8) is 0 Å². The van der Waals surface area contributed by atoms with Crippen LogP contribution in [0.3, 0.4) is 0 Å². The van der Waals surface area contributed by atoms with Gasteiger partial charge in [0.15, 0.2) is 0 Å². The molecule has 3 rings (SSSR count). The SMILES string of the molecule is Cc1ccc(C)c(Cn2ccnc2CN(C(=O)CC(C)C)C2CC2)c1. The number of aromatic nitrogens is 2. The smallest absolute Gasteiger partial charge is 0.223 e. The van der Waals surface area contributed by atoms with Crippen molar-refractivity contribution in [3.8, 4) is 0 Å². The minimum Gasteiger partial charge on any atom is -0.332 e. The fourth-order valence-electron chi connectivity index (χ4n) is 3.22. The number of benzene rings is 1. The van der Waals surface area contributed by atoms with E-state index in [9.17, 15) is 4.79 Å². The van der Waals surface area contributed by atoms with E-state index in [0.29, 0.717) is 24.9 Å². The molecule has 0 aliphatic heterocycles. The van der Waals surface area contributed by atoms with Crippen LogP contribution in [0.1, 0.15) is 55.6 Å². The molecule has 4 heteroatoms. The van der Waals surface area contributed by atoms with E-state index in [1.165, 1.54) is 16.7 Å². The van der Waals surface area contributed by atoms with Gasteiger partial charge in [-0.15, -0.1) is 0 Å². The Morgan fingerprint density at radius 3 is 2.76 bits per heavy atom. The Morgan fingerprint density at radius 2 is 2.08 bits per heavy atom. The summed E-state index contributed by atoms with van der Waals surface area (Å²) in [5.74, 6) is 1.63. The second-order valence-corrected chi connectivity index (χ2v) is 7.75. The van der Waals surface area contributed by atoms with Gasteiger partial charge in [-0.2, -0.15) is 0 Å². The van der Waals surface area contributed by atoms with E-state index in [1.54, 1.807) is 0 Å². The third-order valence-corrected chi connectivity index (χ3v) is 4.85. The first-order valence-corrected chi connectivity index (χ1v) is 9.29. The molecule has 4 nitrogen and oxygen atoms in total. The summed E-state index contributed by atoms with van der Waals surface area (Å²) in [5.41, 5.74) is 3.87. The van der Waals surface area contributed by atoms with Gasteiger partial charge in [0.25, 0.3) is 0 Å². The Kier molecular flexibility index (Phi) is 5.26. The van der Waals surface area contributed by atoms with Gasteiger partial charge in [0.1, 0.15) is 5.82 Å². The van der Waals surface area contributed by atoms with Crippen molar-refractivity contribution >= 4 is 5.91 Å². The molecule has 0 radical (unpaired) electrons. The molecule has 1 aliphatic carbocycles. The average molecular weight is 339 g/mol. The summed E-state index contributed by atoms with van der Waals surface area (Å²) < 4.78 is 2.18. The van der Waals surface area contributed by atoms with Gasteiger partial charge < -0.3 is 9.47 Å².